The van der Waals surface area contributed by atoms with Crippen LogP contribution in [0.25, 0.3) is 6.08 Å². The summed E-state index contributed by atoms with van der Waals surface area (Å²) in [5, 5.41) is 22.3. The smallest absolute Gasteiger partial charge is 0.266 e. The van der Waals surface area contributed by atoms with Crippen LogP contribution < -0.4 is 10.1 Å². The molecule has 1 aliphatic rings. The lowest BCUT2D eigenvalue weighted by Crippen LogP contribution is -2.17. The third-order valence-electron chi connectivity index (χ3n) is 4.92. The van der Waals surface area contributed by atoms with E-state index in [9.17, 15) is 15.3 Å². The van der Waals surface area contributed by atoms with Gasteiger partial charge in [-0.25, -0.2) is 0 Å². The van der Waals surface area contributed by atoms with Crippen LogP contribution >= 0.6 is 23.6 Å². The first-order valence-electron chi connectivity index (χ1n) is 9.13. The molecule has 0 aliphatic heterocycles. The highest BCUT2D eigenvalue weighted by atomic mass is 32.1. The zero-order chi connectivity index (χ0) is 21.0. The summed E-state index contributed by atoms with van der Waals surface area (Å²) in [5.74, 6) is 0.506. The lowest BCUT2D eigenvalue weighted by molar-refractivity contribution is -0.112. The fourth-order valence-corrected chi connectivity index (χ4v) is 4.79. The van der Waals surface area contributed by atoms with E-state index in [-0.39, 0.29) is 5.57 Å². The van der Waals surface area contributed by atoms with Crippen molar-refractivity contribution in [1.82, 2.24) is 0 Å². The number of rotatable bonds is 4. The maximum absolute atomic E-state index is 12.8. The molecule has 3 rings (SSSR count). The number of nitrogens with zero attached hydrogens (tertiary/aromatic N) is 2. The van der Waals surface area contributed by atoms with Crippen molar-refractivity contribution in [3.8, 4) is 17.9 Å². The Morgan fingerprint density at radius 1 is 1.34 bits per heavy atom. The van der Waals surface area contributed by atoms with Crippen LogP contribution in [0.3, 0.4) is 0 Å². The van der Waals surface area contributed by atoms with Gasteiger partial charge in [-0.15, -0.1) is 11.3 Å². The molecule has 0 saturated carbocycles. The first-order chi connectivity index (χ1) is 14.0. The molecule has 0 fully saturated rings. The fraction of sp³-hybridized carbons (Fsp3) is 0.273. The molecule has 2 aromatic rings. The molecule has 1 N–H and O–H groups in total. The summed E-state index contributed by atoms with van der Waals surface area (Å²) in [6, 6.07) is 11.3. The predicted octanol–water partition coefficient (Wildman–Crippen LogP) is 5.03. The molecule has 7 heteroatoms. The predicted molar refractivity (Wildman–Crippen MR) is 116 cm³/mol. The number of hydrogen-bond acceptors (Lipinski definition) is 6. The highest BCUT2D eigenvalue weighted by Crippen LogP contribution is 2.36. The topological polar surface area (TPSA) is 85.9 Å². The van der Waals surface area contributed by atoms with Crippen molar-refractivity contribution in [3.63, 3.8) is 0 Å². The number of anilines is 1. The SMILES string of the molecule is COc1ccccc1/C=C(\C#N)C(=O)Nc1sc(=S)c2c(c1C#N)CCC(C)C2. The summed E-state index contributed by atoms with van der Waals surface area (Å²) in [4.78, 5) is 12.8. The molecule has 0 bridgehead atoms. The number of para-hydroxylation sites is 1. The molecule has 1 atom stereocenters. The zero-order valence-corrected chi connectivity index (χ0v) is 17.7. The molecule has 5 nitrogen and oxygen atoms in total. The van der Waals surface area contributed by atoms with Gasteiger partial charge in [0.25, 0.3) is 5.91 Å². The largest absolute Gasteiger partial charge is 0.496 e. The molecule has 0 radical (unpaired) electrons. The van der Waals surface area contributed by atoms with Crippen LogP contribution in [0.5, 0.6) is 5.75 Å². The number of carbonyl (C=O) groups is 1. The summed E-state index contributed by atoms with van der Waals surface area (Å²) >= 11 is 6.75. The summed E-state index contributed by atoms with van der Waals surface area (Å²) in [6.45, 7) is 2.17. The van der Waals surface area contributed by atoms with Crippen LogP contribution in [0.15, 0.2) is 29.8 Å². The van der Waals surface area contributed by atoms with E-state index in [4.69, 9.17) is 17.0 Å². The molecule has 1 aliphatic carbocycles. The van der Waals surface area contributed by atoms with E-state index in [1.165, 1.54) is 24.5 Å². The minimum Gasteiger partial charge on any atom is -0.496 e. The second-order valence-corrected chi connectivity index (χ2v) is 8.56. The number of fused-ring (bicyclic) bond motifs is 1. The van der Waals surface area contributed by atoms with Crippen LogP contribution in [-0.2, 0) is 17.6 Å². The maximum Gasteiger partial charge on any atom is 0.266 e. The summed E-state index contributed by atoms with van der Waals surface area (Å²) in [6.07, 6.45) is 4.07. The Bertz CT molecular complexity index is 1140. The Morgan fingerprint density at radius 2 is 2.10 bits per heavy atom. The molecular formula is C22H19N3O2S2. The van der Waals surface area contributed by atoms with E-state index in [1.54, 1.807) is 18.2 Å². The van der Waals surface area contributed by atoms with Crippen LogP contribution in [0.4, 0.5) is 5.00 Å². The first kappa shape index (κ1) is 20.7. The number of nitriles is 2. The third kappa shape index (κ3) is 4.37. The lowest BCUT2D eigenvalue weighted by Gasteiger charge is -2.23. The number of methoxy groups -OCH3 is 1. The van der Waals surface area contributed by atoms with Gasteiger partial charge in [0.05, 0.1) is 16.5 Å². The van der Waals surface area contributed by atoms with Gasteiger partial charge in [0, 0.05) is 5.56 Å². The van der Waals surface area contributed by atoms with Gasteiger partial charge in [-0.3, -0.25) is 4.79 Å². The van der Waals surface area contributed by atoms with E-state index in [0.29, 0.717) is 31.6 Å². The number of hydrogen-bond donors (Lipinski definition) is 1. The van der Waals surface area contributed by atoms with Crippen LogP contribution in [-0.4, -0.2) is 13.0 Å². The molecular weight excluding hydrogens is 402 g/mol. The Kier molecular flexibility index (Phi) is 6.43. The Hall–Kier alpha value is -3.00. The molecule has 1 heterocycles. The average Bonchev–Trinajstić information content (AvgIpc) is 2.72. The van der Waals surface area contributed by atoms with Crippen LogP contribution in [0.1, 0.15) is 35.6 Å². The van der Waals surface area contributed by atoms with Gasteiger partial charge in [0.2, 0.25) is 0 Å². The van der Waals surface area contributed by atoms with E-state index < -0.39 is 5.91 Å². The Morgan fingerprint density at radius 3 is 2.79 bits per heavy atom. The molecule has 1 aromatic carbocycles. The minimum atomic E-state index is -0.579. The molecule has 0 spiro atoms. The number of ether oxygens (including phenoxy) is 1. The number of amides is 1. The molecule has 146 valence electrons. The van der Waals surface area contributed by atoms with Crippen molar-refractivity contribution < 1.29 is 9.53 Å². The van der Waals surface area contributed by atoms with Crippen molar-refractivity contribution in [3.05, 3.63) is 55.9 Å². The van der Waals surface area contributed by atoms with E-state index >= 15 is 0 Å². The Labute approximate surface area is 178 Å². The van der Waals surface area contributed by atoms with Crippen molar-refractivity contribution in [2.24, 2.45) is 5.92 Å². The third-order valence-corrected chi connectivity index (χ3v) is 6.36. The first-order valence-corrected chi connectivity index (χ1v) is 10.4. The van der Waals surface area contributed by atoms with Crippen LogP contribution in [0, 0.1) is 32.4 Å². The molecule has 1 amide bonds. The maximum atomic E-state index is 12.8. The molecule has 29 heavy (non-hydrogen) atoms. The fourth-order valence-electron chi connectivity index (χ4n) is 3.41. The van der Waals surface area contributed by atoms with E-state index in [0.717, 1.165) is 30.4 Å². The second kappa shape index (κ2) is 9.00. The van der Waals surface area contributed by atoms with Crippen LogP contribution in [0.2, 0.25) is 0 Å². The van der Waals surface area contributed by atoms with Gasteiger partial charge in [-0.1, -0.05) is 37.3 Å². The number of nitrogens with one attached hydrogen (secondary N) is 1. The van der Waals surface area contributed by atoms with Crippen molar-refractivity contribution in [1.29, 1.82) is 10.5 Å². The number of carbonyl (C=O) groups excluding carboxylic acids is 1. The van der Waals surface area contributed by atoms with E-state index in [2.05, 4.69) is 18.3 Å². The highest BCUT2D eigenvalue weighted by Gasteiger charge is 2.24. The van der Waals surface area contributed by atoms with Crippen molar-refractivity contribution in [2.45, 2.75) is 26.2 Å². The monoisotopic (exact) mass is 421 g/mol. The highest BCUT2D eigenvalue weighted by molar-refractivity contribution is 7.73. The van der Waals surface area contributed by atoms with Gasteiger partial charge in [-0.05, 0) is 48.4 Å². The quantitative estimate of drug-likeness (QED) is 0.425. The normalized spacial score (nSPS) is 15.6. The Balaban J connectivity index is 1.97. The van der Waals surface area contributed by atoms with Gasteiger partial charge >= 0.3 is 0 Å². The molecule has 1 unspecified atom stereocenters. The van der Waals surface area contributed by atoms with Crippen molar-refractivity contribution >= 4 is 40.5 Å². The minimum absolute atomic E-state index is 0.0807. The number of benzene rings is 1. The van der Waals surface area contributed by atoms with Crippen molar-refractivity contribution in [2.75, 3.05) is 12.4 Å². The van der Waals surface area contributed by atoms with Gasteiger partial charge in [-0.2, -0.15) is 10.5 Å². The summed E-state index contributed by atoms with van der Waals surface area (Å²) in [5.41, 5.74) is 2.96. The lowest BCUT2D eigenvalue weighted by atomic mass is 9.85. The zero-order valence-electron chi connectivity index (χ0n) is 16.1. The van der Waals surface area contributed by atoms with Gasteiger partial charge in [0.1, 0.15) is 28.5 Å². The average molecular weight is 422 g/mol. The standard InChI is InChI=1S/C22H19N3O2S2/c1-13-7-8-16-17(9-13)22(28)29-21(18(16)12-24)25-20(26)15(11-23)10-14-5-3-4-6-19(14)27-2/h3-6,10,13H,7-9H2,1-2H3,(H,25,26)/b15-10+. The van der Waals surface area contributed by atoms with Gasteiger partial charge in [0.15, 0.2) is 0 Å². The molecule has 1 aromatic heterocycles. The molecule has 0 saturated heterocycles. The second-order valence-electron chi connectivity index (χ2n) is 6.88. The van der Waals surface area contributed by atoms with E-state index in [1.807, 2.05) is 12.1 Å². The van der Waals surface area contributed by atoms with Gasteiger partial charge < -0.3 is 10.1 Å². The summed E-state index contributed by atoms with van der Waals surface area (Å²) < 4.78 is 5.96. The summed E-state index contributed by atoms with van der Waals surface area (Å²) in [7, 11) is 1.53.